The van der Waals surface area contributed by atoms with E-state index in [2.05, 4.69) is 10.4 Å². The summed E-state index contributed by atoms with van der Waals surface area (Å²) in [6.07, 6.45) is -1.52. The average molecular weight is 355 g/mol. The lowest BCUT2D eigenvalue weighted by Crippen LogP contribution is -2.21. The number of ether oxygens (including phenoxy) is 1. The predicted octanol–water partition coefficient (Wildman–Crippen LogP) is 4.21. The zero-order valence-electron chi connectivity index (χ0n) is 14.8. The Labute approximate surface area is 145 Å². The van der Waals surface area contributed by atoms with Crippen molar-refractivity contribution in [3.63, 3.8) is 0 Å². The monoisotopic (exact) mass is 355 g/mol. The average Bonchev–Trinajstić information content (AvgIpc) is 3.30. The molecule has 1 N–H and O–H groups in total. The van der Waals surface area contributed by atoms with Gasteiger partial charge in [0, 0.05) is 37.7 Å². The maximum Gasteiger partial charge on any atom is 0.417 e. The van der Waals surface area contributed by atoms with Crippen LogP contribution in [0.1, 0.15) is 49.0 Å². The van der Waals surface area contributed by atoms with Gasteiger partial charge in [-0.2, -0.15) is 18.3 Å². The SMILES string of the molecule is COCCCn1nc(C)c2c(C(F)(F)F)cc(C(C)NC3CC3)cc21. The molecule has 1 heterocycles. The maximum absolute atomic E-state index is 13.7. The molecular formula is C18H24F3N3O. The molecule has 4 nitrogen and oxygen atoms in total. The maximum atomic E-state index is 13.7. The molecule has 25 heavy (non-hydrogen) atoms. The van der Waals surface area contributed by atoms with Crippen LogP contribution in [0.2, 0.25) is 0 Å². The van der Waals surface area contributed by atoms with Crippen LogP contribution >= 0.6 is 0 Å². The van der Waals surface area contributed by atoms with Crippen molar-refractivity contribution in [2.45, 2.75) is 57.9 Å². The highest BCUT2D eigenvalue weighted by Gasteiger charge is 2.35. The minimum atomic E-state index is -4.40. The van der Waals surface area contributed by atoms with Gasteiger partial charge >= 0.3 is 6.18 Å². The standard InChI is InChI=1S/C18H24F3N3O/c1-11(22-14-5-6-14)13-9-15(18(19,20)21)17-12(2)23-24(16(17)10-13)7-4-8-25-3/h9-11,14,22H,4-8H2,1-3H3. The van der Waals surface area contributed by atoms with Crippen molar-refractivity contribution < 1.29 is 17.9 Å². The van der Waals surface area contributed by atoms with Gasteiger partial charge in [0.15, 0.2) is 0 Å². The van der Waals surface area contributed by atoms with E-state index >= 15 is 0 Å². The summed E-state index contributed by atoms with van der Waals surface area (Å²) in [7, 11) is 1.61. The van der Waals surface area contributed by atoms with Gasteiger partial charge in [-0.25, -0.2) is 0 Å². The molecule has 2 aromatic rings. The fourth-order valence-corrected chi connectivity index (χ4v) is 3.22. The number of alkyl halides is 3. The van der Waals surface area contributed by atoms with E-state index in [0.717, 1.165) is 12.8 Å². The molecule has 1 aromatic carbocycles. The van der Waals surface area contributed by atoms with Crippen LogP contribution < -0.4 is 5.32 Å². The first kappa shape index (κ1) is 18.2. The van der Waals surface area contributed by atoms with Gasteiger partial charge < -0.3 is 10.1 Å². The smallest absolute Gasteiger partial charge is 0.385 e. The molecule has 1 saturated carbocycles. The summed E-state index contributed by atoms with van der Waals surface area (Å²) in [5.74, 6) is 0. The molecule has 0 spiro atoms. The summed E-state index contributed by atoms with van der Waals surface area (Å²) in [6.45, 7) is 4.63. The normalized spacial score (nSPS) is 16.6. The zero-order valence-corrected chi connectivity index (χ0v) is 14.8. The van der Waals surface area contributed by atoms with Crippen LogP contribution in [0.25, 0.3) is 10.9 Å². The van der Waals surface area contributed by atoms with E-state index in [4.69, 9.17) is 4.74 Å². The van der Waals surface area contributed by atoms with Gasteiger partial charge in [-0.3, -0.25) is 4.68 Å². The number of aryl methyl sites for hydroxylation is 2. The van der Waals surface area contributed by atoms with Crippen molar-refractivity contribution in [1.29, 1.82) is 0 Å². The Kier molecular flexibility index (Phi) is 5.06. The van der Waals surface area contributed by atoms with Gasteiger partial charge in [0.25, 0.3) is 0 Å². The molecule has 0 amide bonds. The van der Waals surface area contributed by atoms with Crippen LogP contribution in [-0.4, -0.2) is 29.5 Å². The van der Waals surface area contributed by atoms with Crippen molar-refractivity contribution in [1.82, 2.24) is 15.1 Å². The topological polar surface area (TPSA) is 39.1 Å². The van der Waals surface area contributed by atoms with Crippen LogP contribution in [0.4, 0.5) is 13.2 Å². The van der Waals surface area contributed by atoms with Gasteiger partial charge in [0.1, 0.15) is 0 Å². The highest BCUT2D eigenvalue weighted by atomic mass is 19.4. The molecule has 1 aliphatic rings. The fraction of sp³-hybridized carbons (Fsp3) is 0.611. The minimum Gasteiger partial charge on any atom is -0.385 e. The van der Waals surface area contributed by atoms with Crippen molar-refractivity contribution >= 4 is 10.9 Å². The zero-order chi connectivity index (χ0) is 18.2. The Morgan fingerprint density at radius 3 is 2.68 bits per heavy atom. The molecule has 1 atom stereocenters. The molecule has 0 bridgehead atoms. The van der Waals surface area contributed by atoms with E-state index in [1.54, 1.807) is 18.7 Å². The molecule has 7 heteroatoms. The minimum absolute atomic E-state index is 0.124. The van der Waals surface area contributed by atoms with E-state index in [0.29, 0.717) is 42.4 Å². The van der Waals surface area contributed by atoms with Gasteiger partial charge in [-0.05, 0) is 50.8 Å². The molecule has 1 aliphatic carbocycles. The van der Waals surface area contributed by atoms with Gasteiger partial charge in [0.05, 0.1) is 16.8 Å². The molecule has 1 unspecified atom stereocenters. The van der Waals surface area contributed by atoms with Crippen LogP contribution in [0.5, 0.6) is 0 Å². The molecule has 138 valence electrons. The highest BCUT2D eigenvalue weighted by molar-refractivity contribution is 5.87. The number of nitrogens with one attached hydrogen (secondary N) is 1. The first-order valence-corrected chi connectivity index (χ1v) is 8.64. The Hall–Kier alpha value is -1.60. The lowest BCUT2D eigenvalue weighted by Gasteiger charge is -2.17. The van der Waals surface area contributed by atoms with E-state index in [9.17, 15) is 13.2 Å². The van der Waals surface area contributed by atoms with Crippen LogP contribution in [-0.2, 0) is 17.5 Å². The largest absolute Gasteiger partial charge is 0.417 e. The van der Waals surface area contributed by atoms with Crippen molar-refractivity contribution in [2.75, 3.05) is 13.7 Å². The number of hydrogen-bond donors (Lipinski definition) is 1. The fourth-order valence-electron chi connectivity index (χ4n) is 3.22. The second-order valence-corrected chi connectivity index (χ2v) is 6.78. The Bertz CT molecular complexity index is 750. The summed E-state index contributed by atoms with van der Waals surface area (Å²) in [5, 5.41) is 7.93. The third-order valence-electron chi connectivity index (χ3n) is 4.64. The lowest BCUT2D eigenvalue weighted by atomic mass is 9.99. The molecule has 0 radical (unpaired) electrons. The summed E-state index contributed by atoms with van der Waals surface area (Å²) in [6, 6.07) is 3.42. The number of rotatable bonds is 7. The number of methoxy groups -OCH3 is 1. The van der Waals surface area contributed by atoms with Gasteiger partial charge in [0.2, 0.25) is 0 Å². The van der Waals surface area contributed by atoms with Crippen molar-refractivity contribution in [2.24, 2.45) is 0 Å². The highest BCUT2D eigenvalue weighted by Crippen LogP contribution is 2.38. The molecule has 1 fully saturated rings. The summed E-state index contributed by atoms with van der Waals surface area (Å²) < 4.78 is 47.7. The lowest BCUT2D eigenvalue weighted by molar-refractivity contribution is -0.136. The first-order chi connectivity index (χ1) is 11.8. The quantitative estimate of drug-likeness (QED) is 0.756. The molecule has 3 rings (SSSR count). The number of benzene rings is 1. The number of aromatic nitrogens is 2. The number of halogens is 3. The van der Waals surface area contributed by atoms with Crippen LogP contribution in [0.15, 0.2) is 12.1 Å². The Balaban J connectivity index is 2.06. The number of nitrogens with zero attached hydrogens (tertiary/aromatic N) is 2. The van der Waals surface area contributed by atoms with E-state index in [1.807, 2.05) is 13.0 Å². The Morgan fingerprint density at radius 1 is 1.36 bits per heavy atom. The molecule has 1 aromatic heterocycles. The summed E-state index contributed by atoms with van der Waals surface area (Å²) in [4.78, 5) is 0. The molecular weight excluding hydrogens is 331 g/mol. The molecule has 0 saturated heterocycles. The summed E-state index contributed by atoms with van der Waals surface area (Å²) >= 11 is 0. The third kappa shape index (κ3) is 3.98. The first-order valence-electron chi connectivity index (χ1n) is 8.64. The van der Waals surface area contributed by atoms with Crippen molar-refractivity contribution in [3.8, 4) is 0 Å². The van der Waals surface area contributed by atoms with E-state index in [1.165, 1.54) is 6.07 Å². The van der Waals surface area contributed by atoms with E-state index in [-0.39, 0.29) is 11.4 Å². The second kappa shape index (κ2) is 6.96. The summed E-state index contributed by atoms with van der Waals surface area (Å²) in [5.41, 5.74) is 1.01. The van der Waals surface area contributed by atoms with Crippen LogP contribution in [0.3, 0.4) is 0 Å². The van der Waals surface area contributed by atoms with Gasteiger partial charge in [-0.1, -0.05) is 0 Å². The Morgan fingerprint density at radius 2 is 2.08 bits per heavy atom. The predicted molar refractivity (Wildman–Crippen MR) is 90.5 cm³/mol. The second-order valence-electron chi connectivity index (χ2n) is 6.78. The van der Waals surface area contributed by atoms with Crippen LogP contribution in [0, 0.1) is 6.92 Å². The number of fused-ring (bicyclic) bond motifs is 1. The third-order valence-corrected chi connectivity index (χ3v) is 4.64. The number of hydrogen-bond acceptors (Lipinski definition) is 3. The molecule has 0 aliphatic heterocycles. The van der Waals surface area contributed by atoms with E-state index < -0.39 is 11.7 Å². The van der Waals surface area contributed by atoms with Gasteiger partial charge in [-0.15, -0.1) is 0 Å². The van der Waals surface area contributed by atoms with Crippen molar-refractivity contribution in [3.05, 3.63) is 29.0 Å².